The molecule has 0 amide bonds. The highest BCUT2D eigenvalue weighted by molar-refractivity contribution is 9.11. The van der Waals surface area contributed by atoms with Crippen LogP contribution in [0.25, 0.3) is 139 Å². The first-order valence-corrected chi connectivity index (χ1v) is 45.8. The van der Waals surface area contributed by atoms with Gasteiger partial charge in [0.15, 0.2) is 0 Å². The summed E-state index contributed by atoms with van der Waals surface area (Å²) in [5.74, 6) is 0. The molecule has 20 rings (SSSR count). The van der Waals surface area contributed by atoms with Crippen LogP contribution in [0, 0.1) is 0 Å². The van der Waals surface area contributed by atoms with E-state index in [2.05, 4.69) is 316 Å². The van der Waals surface area contributed by atoms with Gasteiger partial charge in [0.05, 0.1) is 3.79 Å². The third-order valence-electron chi connectivity index (χ3n) is 19.5. The lowest BCUT2D eigenvalue weighted by Gasteiger charge is -2.05. The maximum Gasteiger partial charge on any atom is 0.504 e. The van der Waals surface area contributed by atoms with Crippen molar-refractivity contribution in [3.05, 3.63) is 442 Å². The maximum atomic E-state index is 10.9. The number of thiophene rings is 6. The summed E-state index contributed by atoms with van der Waals surface area (Å²) in [5.41, 5.74) is 14.4. The monoisotopic (exact) mass is 1840 g/mol. The van der Waals surface area contributed by atoms with E-state index in [1.54, 1.807) is 83.8 Å². The molecule has 0 bridgehead atoms. The van der Waals surface area contributed by atoms with Crippen LogP contribution in [0.1, 0.15) is 39.3 Å². The van der Waals surface area contributed by atoms with Gasteiger partial charge in [-0.2, -0.15) is 0 Å². The van der Waals surface area contributed by atoms with Crippen molar-refractivity contribution >= 4 is 192 Å². The third-order valence-corrected chi connectivity index (χ3v) is 27.1. The van der Waals surface area contributed by atoms with Crippen LogP contribution in [0.2, 0.25) is 0 Å². The Balaban J connectivity index is 0.000000138. The van der Waals surface area contributed by atoms with Crippen LogP contribution >= 0.6 is 99.9 Å². The first-order chi connectivity index (χ1) is 59.9. The van der Waals surface area contributed by atoms with Crippen molar-refractivity contribution < 1.29 is 28.9 Å². The standard InChI is InChI=1S/C42H28S2.C21H14OS.C12H13BO2S.C11H7BrO.C10H8S.C6H7BO2.C4H3BrS.CH4/c1-3-7-31(8-4-1)39-21-23-41(43-39)37-19-17-33-25-29(13-15-35(33)27-37)11-12-30-14-16-36-28-38(20-18-34(36)26-30)42-24-22-40(44-42)32-9-5-2-6-10-32;22-14-15-6-7-18-13-19(9-8-17(18)12-15)21-11-10-20(23-21)16-4-2-1-3-5-16;1-14-13(15-2)12-9-8-11(16-12)10-6-4-3-5-7-10;12-11-4-3-9-5-8(7-13)1-2-10(9)6-11;1-2-5-9(6-3-1)10-7-4-8-11-10;8-7(9)6-4-2-1-3-5-6;5-4-2-1-3-6-4;/h1-28H;1-14H;3-9H,1-2H3;1-7H;1-8H;1-5,8-9H;1-3H;1H4/b12-11+;;;;;;;. The summed E-state index contributed by atoms with van der Waals surface area (Å²) < 4.78 is 13.8. The van der Waals surface area contributed by atoms with Crippen molar-refractivity contribution in [1.82, 2.24) is 0 Å². The van der Waals surface area contributed by atoms with E-state index in [4.69, 9.17) is 19.4 Å². The van der Waals surface area contributed by atoms with Gasteiger partial charge in [0.1, 0.15) is 12.6 Å². The van der Waals surface area contributed by atoms with E-state index < -0.39 is 7.12 Å². The number of halogens is 2. The van der Waals surface area contributed by atoms with Gasteiger partial charge in [-0.1, -0.05) is 327 Å². The number of rotatable bonds is 16. The Bertz CT molecular complexity index is 6550. The van der Waals surface area contributed by atoms with E-state index in [0.717, 1.165) is 48.9 Å². The Kier molecular flexibility index (Phi) is 32.9. The minimum absolute atomic E-state index is 0. The van der Waals surface area contributed by atoms with E-state index in [-0.39, 0.29) is 14.5 Å². The molecule has 0 spiro atoms. The summed E-state index contributed by atoms with van der Waals surface area (Å²) in [6, 6.07) is 138. The molecule has 0 atom stereocenters. The summed E-state index contributed by atoms with van der Waals surface area (Å²) >= 11 is 17.4. The molecule has 6 nitrogen and oxygen atoms in total. The Morgan fingerprint density at radius 3 is 0.902 bits per heavy atom. The molecule has 0 fully saturated rings. The van der Waals surface area contributed by atoms with Gasteiger partial charge in [-0.3, -0.25) is 9.59 Å². The average molecular weight is 1840 g/mol. The van der Waals surface area contributed by atoms with E-state index in [1.165, 1.54) is 120 Å². The molecule has 2 N–H and O–H groups in total. The second-order valence-corrected chi connectivity index (χ2v) is 36.3. The molecule has 123 heavy (non-hydrogen) atoms. The predicted molar refractivity (Wildman–Crippen MR) is 543 cm³/mol. The first-order valence-electron chi connectivity index (χ1n) is 39.2. The van der Waals surface area contributed by atoms with Crippen molar-refractivity contribution in [2.75, 3.05) is 14.2 Å². The molecular formula is C107H84B2Br2O6S6. The highest BCUT2D eigenvalue weighted by atomic mass is 79.9. The van der Waals surface area contributed by atoms with Crippen LogP contribution in [0.5, 0.6) is 0 Å². The van der Waals surface area contributed by atoms with Gasteiger partial charge >= 0.3 is 14.2 Å². The summed E-state index contributed by atoms with van der Waals surface area (Å²) in [7, 11) is 1.69. The lowest BCUT2D eigenvalue weighted by Crippen LogP contribution is -2.32. The van der Waals surface area contributed by atoms with Crippen LogP contribution in [-0.4, -0.2) is 51.1 Å². The first kappa shape index (κ1) is 89.1. The molecule has 604 valence electrons. The van der Waals surface area contributed by atoms with E-state index in [1.807, 2.05) is 137 Å². The molecule has 0 unspecified atom stereocenters. The van der Waals surface area contributed by atoms with Crippen LogP contribution in [0.15, 0.2) is 419 Å². The average Bonchev–Trinajstić information content (AvgIpc) is 1.73. The second kappa shape index (κ2) is 45.5. The summed E-state index contributed by atoms with van der Waals surface area (Å²) in [6.07, 6.45) is 6.18. The molecule has 6 heterocycles. The number of hydrogen-bond donors (Lipinski definition) is 2. The minimum atomic E-state index is -1.34. The molecule has 6 aromatic heterocycles. The van der Waals surface area contributed by atoms with Gasteiger partial charge in [0.25, 0.3) is 0 Å². The highest BCUT2D eigenvalue weighted by Crippen LogP contribution is 2.40. The lowest BCUT2D eigenvalue weighted by atomic mass is 9.81. The van der Waals surface area contributed by atoms with Crippen molar-refractivity contribution in [1.29, 1.82) is 0 Å². The molecule has 0 aliphatic rings. The predicted octanol–water partition coefficient (Wildman–Crippen LogP) is 30.7. The fraction of sp³-hybridized carbons (Fsp3) is 0.0280. The molecule has 0 saturated carbocycles. The third kappa shape index (κ3) is 25.1. The highest BCUT2D eigenvalue weighted by Gasteiger charge is 2.21. The van der Waals surface area contributed by atoms with Gasteiger partial charge in [0.2, 0.25) is 0 Å². The normalized spacial score (nSPS) is 10.6. The zero-order valence-electron chi connectivity index (χ0n) is 66.5. The largest absolute Gasteiger partial charge is 0.504 e. The number of hydrogen-bond acceptors (Lipinski definition) is 12. The topological polar surface area (TPSA) is 93.1 Å². The van der Waals surface area contributed by atoms with Crippen LogP contribution in [-0.2, 0) is 9.31 Å². The molecule has 0 saturated heterocycles. The number of fused-ring (bicyclic) bond motifs is 4. The smallest absolute Gasteiger partial charge is 0.423 e. The molecule has 0 aliphatic carbocycles. The van der Waals surface area contributed by atoms with Gasteiger partial charge < -0.3 is 19.4 Å². The van der Waals surface area contributed by atoms with Gasteiger partial charge in [-0.25, -0.2) is 0 Å². The minimum Gasteiger partial charge on any atom is -0.423 e. The number of benzene rings is 14. The number of carbonyl (C=O) groups is 2. The quantitative estimate of drug-likeness (QED) is 0.0569. The van der Waals surface area contributed by atoms with Gasteiger partial charge in [-0.05, 0) is 240 Å². The van der Waals surface area contributed by atoms with Crippen molar-refractivity contribution in [2.45, 2.75) is 7.43 Å². The molecular weight excluding hydrogens is 1760 g/mol. The zero-order chi connectivity index (χ0) is 84.2. The zero-order valence-corrected chi connectivity index (χ0v) is 74.5. The van der Waals surface area contributed by atoms with Gasteiger partial charge in [0, 0.05) is 73.6 Å². The van der Waals surface area contributed by atoms with Crippen molar-refractivity contribution in [3.63, 3.8) is 0 Å². The van der Waals surface area contributed by atoms with Gasteiger partial charge in [-0.15, -0.1) is 68.0 Å². The maximum absolute atomic E-state index is 10.9. The lowest BCUT2D eigenvalue weighted by molar-refractivity contribution is 0.111. The van der Waals surface area contributed by atoms with E-state index in [9.17, 15) is 9.59 Å². The Morgan fingerprint density at radius 2 is 0.577 bits per heavy atom. The molecule has 0 aliphatic heterocycles. The van der Waals surface area contributed by atoms with Crippen molar-refractivity contribution in [2.24, 2.45) is 0 Å². The summed E-state index contributed by atoms with van der Waals surface area (Å²) in [5, 5.41) is 30.8. The fourth-order valence-corrected chi connectivity index (χ4v) is 19.4. The Labute approximate surface area is 760 Å². The van der Waals surface area contributed by atoms with Crippen LogP contribution in [0.4, 0.5) is 0 Å². The second-order valence-electron chi connectivity index (χ2n) is 27.8. The Morgan fingerprint density at radius 1 is 0.276 bits per heavy atom. The molecule has 20 aromatic rings. The van der Waals surface area contributed by atoms with Crippen LogP contribution in [0.3, 0.4) is 0 Å². The number of carbonyl (C=O) groups excluding carboxylic acids is 2. The van der Waals surface area contributed by atoms with E-state index in [0.29, 0.717) is 11.0 Å². The van der Waals surface area contributed by atoms with E-state index >= 15 is 0 Å². The molecule has 16 heteroatoms. The summed E-state index contributed by atoms with van der Waals surface area (Å²) in [6.45, 7) is 0. The Hall–Kier alpha value is -11.7. The SMILES string of the molecule is Brc1cccs1.C.C(=C\c1ccc2cc(-c3ccc(-c4ccccc4)s3)ccc2c1)/c1ccc2cc(-c3ccc(-c4ccccc4)s3)ccc2c1.COB(OC)c1ccc(-c2ccccc2)s1.O=Cc1ccc2cc(-c3ccc(-c4ccccc4)s3)ccc2c1.O=Cc1ccc2cc(Br)ccc2c1.OB(O)c1ccccc1.c1ccc(-c2cccs2)cc1. The molecule has 14 aromatic carbocycles. The molecule has 0 radical (unpaired) electrons. The number of aldehydes is 2. The summed E-state index contributed by atoms with van der Waals surface area (Å²) in [4.78, 5) is 31.7. The van der Waals surface area contributed by atoms with Crippen LogP contribution < -0.4 is 10.2 Å². The van der Waals surface area contributed by atoms with Crippen molar-refractivity contribution in [3.8, 4) is 83.5 Å². The fourth-order valence-electron chi connectivity index (χ4n) is 13.3.